The van der Waals surface area contributed by atoms with Crippen LogP contribution in [0, 0.1) is 0 Å². The molecule has 0 spiro atoms. The molecule has 8 nitrogen and oxygen atoms in total. The van der Waals surface area contributed by atoms with Crippen molar-refractivity contribution in [1.29, 1.82) is 0 Å². The molecule has 1 aromatic carbocycles. The second-order valence-electron chi connectivity index (χ2n) is 5.73. The van der Waals surface area contributed by atoms with Gasteiger partial charge in [-0.25, -0.2) is 0 Å². The van der Waals surface area contributed by atoms with Crippen LogP contribution in [0.25, 0.3) is 0 Å². The van der Waals surface area contributed by atoms with Crippen molar-refractivity contribution in [3.8, 4) is 0 Å². The number of amides is 4. The van der Waals surface area contributed by atoms with Crippen molar-refractivity contribution >= 4 is 35.4 Å². The number of rotatable bonds is 5. The quantitative estimate of drug-likeness (QED) is 0.384. The standard InChI is InChI=1S/C16H20N4O4S/c1-20(2)13(21)9-25-12-6-4-3-5-11(12)14(22)18-19-16(24)15(23)17-10-7-8-10/h3-6,10H,7-9H2,1-2H3,(H,17,23)(H,18,22)(H,19,24). The summed E-state index contributed by atoms with van der Waals surface area (Å²) in [4.78, 5) is 49.1. The van der Waals surface area contributed by atoms with Gasteiger partial charge in [0.2, 0.25) is 5.91 Å². The van der Waals surface area contributed by atoms with Crippen LogP contribution in [0.5, 0.6) is 0 Å². The Kier molecular flexibility index (Phi) is 6.40. The molecule has 1 fully saturated rings. The zero-order chi connectivity index (χ0) is 18.4. The first-order valence-electron chi connectivity index (χ1n) is 7.71. The fourth-order valence-corrected chi connectivity index (χ4v) is 2.79. The maximum absolute atomic E-state index is 12.2. The number of thioether (sulfide) groups is 1. The molecule has 2 rings (SSSR count). The largest absolute Gasteiger partial charge is 0.348 e. The average Bonchev–Trinajstić information content (AvgIpc) is 3.41. The number of hydrogen-bond donors (Lipinski definition) is 3. The van der Waals surface area contributed by atoms with E-state index in [4.69, 9.17) is 0 Å². The van der Waals surface area contributed by atoms with E-state index in [1.54, 1.807) is 38.4 Å². The smallest absolute Gasteiger partial charge is 0.327 e. The molecule has 1 aliphatic rings. The first-order chi connectivity index (χ1) is 11.9. The third-order valence-electron chi connectivity index (χ3n) is 3.39. The molecule has 0 unspecified atom stereocenters. The zero-order valence-corrected chi connectivity index (χ0v) is 14.8. The van der Waals surface area contributed by atoms with Crippen molar-refractivity contribution in [2.24, 2.45) is 0 Å². The molecule has 0 saturated heterocycles. The van der Waals surface area contributed by atoms with Gasteiger partial charge in [-0.2, -0.15) is 0 Å². The van der Waals surface area contributed by atoms with Gasteiger partial charge in [0.05, 0.1) is 11.3 Å². The second-order valence-corrected chi connectivity index (χ2v) is 6.75. The van der Waals surface area contributed by atoms with E-state index in [1.807, 2.05) is 0 Å². The molecular weight excluding hydrogens is 344 g/mol. The Morgan fingerprint density at radius 3 is 2.40 bits per heavy atom. The summed E-state index contributed by atoms with van der Waals surface area (Å²) in [6.45, 7) is 0. The van der Waals surface area contributed by atoms with Crippen molar-refractivity contribution in [1.82, 2.24) is 21.1 Å². The lowest BCUT2D eigenvalue weighted by molar-refractivity contribution is -0.139. The average molecular weight is 364 g/mol. The van der Waals surface area contributed by atoms with Crippen molar-refractivity contribution in [3.05, 3.63) is 29.8 Å². The molecular formula is C16H20N4O4S. The first kappa shape index (κ1) is 18.8. The van der Waals surface area contributed by atoms with Crippen LogP contribution in [0.3, 0.4) is 0 Å². The van der Waals surface area contributed by atoms with Gasteiger partial charge in [-0.1, -0.05) is 12.1 Å². The molecule has 1 saturated carbocycles. The summed E-state index contributed by atoms with van der Waals surface area (Å²) in [6.07, 6.45) is 1.73. The van der Waals surface area contributed by atoms with E-state index < -0.39 is 17.7 Å². The van der Waals surface area contributed by atoms with Gasteiger partial charge in [-0.3, -0.25) is 30.0 Å². The van der Waals surface area contributed by atoms with Crippen molar-refractivity contribution in [2.75, 3.05) is 19.8 Å². The van der Waals surface area contributed by atoms with Crippen molar-refractivity contribution in [2.45, 2.75) is 23.8 Å². The SMILES string of the molecule is CN(C)C(=O)CSc1ccccc1C(=O)NNC(=O)C(=O)NC1CC1. The Balaban J connectivity index is 1.90. The van der Waals surface area contributed by atoms with Crippen molar-refractivity contribution < 1.29 is 19.2 Å². The van der Waals surface area contributed by atoms with Crippen LogP contribution in [-0.4, -0.2) is 54.4 Å². The summed E-state index contributed by atoms with van der Waals surface area (Å²) in [5.74, 6) is -2.15. The molecule has 9 heteroatoms. The van der Waals surface area contributed by atoms with Crippen LogP contribution < -0.4 is 16.2 Å². The molecule has 1 aliphatic carbocycles. The summed E-state index contributed by atoms with van der Waals surface area (Å²) in [7, 11) is 3.31. The van der Waals surface area contributed by atoms with E-state index in [0.29, 0.717) is 10.5 Å². The number of nitrogens with one attached hydrogen (secondary N) is 3. The van der Waals surface area contributed by atoms with Gasteiger partial charge in [-0.05, 0) is 25.0 Å². The van der Waals surface area contributed by atoms with Gasteiger partial charge in [-0.15, -0.1) is 11.8 Å². The molecule has 0 aromatic heterocycles. The van der Waals surface area contributed by atoms with E-state index in [-0.39, 0.29) is 17.7 Å². The van der Waals surface area contributed by atoms with E-state index in [0.717, 1.165) is 12.8 Å². The van der Waals surface area contributed by atoms with Gasteiger partial charge in [0, 0.05) is 25.0 Å². The molecule has 0 heterocycles. The number of nitrogens with zero attached hydrogens (tertiary/aromatic N) is 1. The van der Waals surface area contributed by atoms with Crippen LogP contribution >= 0.6 is 11.8 Å². The fraction of sp³-hybridized carbons (Fsp3) is 0.375. The molecule has 25 heavy (non-hydrogen) atoms. The Morgan fingerprint density at radius 1 is 1.08 bits per heavy atom. The van der Waals surface area contributed by atoms with Gasteiger partial charge in [0.15, 0.2) is 0 Å². The molecule has 0 atom stereocenters. The van der Waals surface area contributed by atoms with E-state index in [9.17, 15) is 19.2 Å². The van der Waals surface area contributed by atoms with Crippen LogP contribution in [-0.2, 0) is 14.4 Å². The highest BCUT2D eigenvalue weighted by Crippen LogP contribution is 2.22. The second kappa shape index (κ2) is 8.52. The van der Waals surface area contributed by atoms with Gasteiger partial charge < -0.3 is 10.2 Å². The Labute approximate surface area is 149 Å². The van der Waals surface area contributed by atoms with Crippen LogP contribution in [0.2, 0.25) is 0 Å². The maximum Gasteiger partial charge on any atom is 0.327 e. The Morgan fingerprint density at radius 2 is 1.76 bits per heavy atom. The Hall–Kier alpha value is -2.55. The zero-order valence-electron chi connectivity index (χ0n) is 14.0. The minimum absolute atomic E-state index is 0.0558. The van der Waals surface area contributed by atoms with Crippen molar-refractivity contribution in [3.63, 3.8) is 0 Å². The minimum atomic E-state index is -0.923. The lowest BCUT2D eigenvalue weighted by Crippen LogP contribution is -2.49. The van der Waals surface area contributed by atoms with E-state index in [2.05, 4.69) is 16.2 Å². The third-order valence-corrected chi connectivity index (χ3v) is 4.45. The fourth-order valence-electron chi connectivity index (χ4n) is 1.76. The van der Waals surface area contributed by atoms with E-state index >= 15 is 0 Å². The maximum atomic E-state index is 12.2. The molecule has 4 amide bonds. The lowest BCUT2D eigenvalue weighted by Gasteiger charge is -2.12. The summed E-state index contributed by atoms with van der Waals surface area (Å²) in [6, 6.07) is 6.77. The number of hydrazine groups is 1. The van der Waals surface area contributed by atoms with Crippen LogP contribution in [0.15, 0.2) is 29.2 Å². The number of benzene rings is 1. The molecule has 0 bridgehead atoms. The molecule has 3 N–H and O–H groups in total. The minimum Gasteiger partial charge on any atom is -0.348 e. The highest BCUT2D eigenvalue weighted by atomic mass is 32.2. The first-order valence-corrected chi connectivity index (χ1v) is 8.70. The predicted octanol–water partition coefficient (Wildman–Crippen LogP) is -0.0935. The summed E-state index contributed by atoms with van der Waals surface area (Å²) in [5, 5.41) is 2.52. The van der Waals surface area contributed by atoms with Crippen LogP contribution in [0.1, 0.15) is 23.2 Å². The summed E-state index contributed by atoms with van der Waals surface area (Å²) in [5.41, 5.74) is 4.61. The van der Waals surface area contributed by atoms with Crippen LogP contribution in [0.4, 0.5) is 0 Å². The monoisotopic (exact) mass is 364 g/mol. The predicted molar refractivity (Wildman–Crippen MR) is 92.6 cm³/mol. The molecule has 0 aliphatic heterocycles. The third kappa shape index (κ3) is 5.79. The normalized spacial score (nSPS) is 12.9. The topological polar surface area (TPSA) is 108 Å². The Bertz CT molecular complexity index is 688. The number of carbonyl (C=O) groups is 4. The number of hydrogen-bond acceptors (Lipinski definition) is 5. The van der Waals surface area contributed by atoms with Gasteiger partial charge >= 0.3 is 11.8 Å². The van der Waals surface area contributed by atoms with Gasteiger partial charge in [0.25, 0.3) is 5.91 Å². The molecule has 0 radical (unpaired) electrons. The van der Waals surface area contributed by atoms with E-state index in [1.165, 1.54) is 16.7 Å². The lowest BCUT2D eigenvalue weighted by atomic mass is 10.2. The summed E-state index contributed by atoms with van der Waals surface area (Å²) >= 11 is 1.23. The number of carbonyl (C=O) groups excluding carboxylic acids is 4. The molecule has 134 valence electrons. The molecule has 1 aromatic rings. The van der Waals surface area contributed by atoms with Gasteiger partial charge in [0.1, 0.15) is 0 Å². The highest BCUT2D eigenvalue weighted by molar-refractivity contribution is 8.00. The highest BCUT2D eigenvalue weighted by Gasteiger charge is 2.26. The summed E-state index contributed by atoms with van der Waals surface area (Å²) < 4.78 is 0.